The van der Waals surface area contributed by atoms with E-state index < -0.39 is 0 Å². The molecular weight excluding hydrogens is 500 g/mol. The molecule has 1 aliphatic rings. The molecule has 41 heavy (non-hydrogen) atoms. The average molecular weight is 529 g/mol. The highest BCUT2D eigenvalue weighted by Gasteiger charge is 2.37. The summed E-state index contributed by atoms with van der Waals surface area (Å²) in [6.07, 6.45) is 1.85. The lowest BCUT2D eigenvalue weighted by atomic mass is 9.73. The molecule has 0 radical (unpaired) electrons. The van der Waals surface area contributed by atoms with Crippen LogP contribution in [0.4, 0.5) is 17.2 Å². The van der Waals surface area contributed by atoms with Crippen molar-refractivity contribution >= 4 is 39.1 Å². The molecule has 0 amide bonds. The Bertz CT molecular complexity index is 2070. The van der Waals surface area contributed by atoms with E-state index in [4.69, 9.17) is 4.98 Å². The van der Waals surface area contributed by atoms with Gasteiger partial charge in [-0.1, -0.05) is 86.6 Å². The van der Waals surface area contributed by atoms with Crippen LogP contribution in [0.2, 0.25) is 0 Å². The van der Waals surface area contributed by atoms with Crippen molar-refractivity contribution in [2.75, 3.05) is 4.90 Å². The van der Waals surface area contributed by atoms with Crippen molar-refractivity contribution in [2.45, 2.75) is 19.3 Å². The van der Waals surface area contributed by atoms with Crippen molar-refractivity contribution < 1.29 is 0 Å². The molecule has 0 N–H and O–H groups in total. The first kappa shape index (κ1) is 23.6. The van der Waals surface area contributed by atoms with E-state index in [-0.39, 0.29) is 5.41 Å². The second kappa shape index (κ2) is 8.90. The first-order valence-electron chi connectivity index (χ1n) is 14.0. The summed E-state index contributed by atoms with van der Waals surface area (Å²) in [6.45, 7) is 4.62. The van der Waals surface area contributed by atoms with Gasteiger partial charge in [-0.05, 0) is 65.7 Å². The maximum absolute atomic E-state index is 5.43. The molecule has 0 saturated carbocycles. The summed E-state index contributed by atoms with van der Waals surface area (Å²) in [6, 6.07) is 45.0. The molecule has 0 fully saturated rings. The number of benzene rings is 4. The van der Waals surface area contributed by atoms with Crippen LogP contribution in [0.1, 0.15) is 25.0 Å². The SMILES string of the molecule is CC1(C)c2ccccc2N(c2ccc3c4ccccc4n(-c4ccccc4)c3n2)c2cc(-c3ccccn3)ccc21. The zero-order chi connectivity index (χ0) is 27.6. The van der Waals surface area contributed by atoms with Gasteiger partial charge in [0.05, 0.1) is 22.6 Å². The summed E-state index contributed by atoms with van der Waals surface area (Å²) < 4.78 is 2.28. The molecule has 4 nitrogen and oxygen atoms in total. The normalized spacial score (nSPS) is 13.8. The number of pyridine rings is 2. The Labute approximate surface area is 239 Å². The van der Waals surface area contributed by atoms with E-state index >= 15 is 0 Å². The molecule has 196 valence electrons. The summed E-state index contributed by atoms with van der Waals surface area (Å²) >= 11 is 0. The van der Waals surface area contributed by atoms with Crippen molar-refractivity contribution in [3.05, 3.63) is 145 Å². The zero-order valence-electron chi connectivity index (χ0n) is 23.0. The van der Waals surface area contributed by atoms with Gasteiger partial charge in [0.2, 0.25) is 0 Å². The molecule has 4 heteroatoms. The van der Waals surface area contributed by atoms with E-state index in [1.165, 1.54) is 16.5 Å². The van der Waals surface area contributed by atoms with Gasteiger partial charge in [-0.2, -0.15) is 0 Å². The monoisotopic (exact) mass is 528 g/mol. The maximum atomic E-state index is 5.43. The number of nitrogens with zero attached hydrogens (tertiary/aromatic N) is 4. The van der Waals surface area contributed by atoms with Crippen molar-refractivity contribution in [2.24, 2.45) is 0 Å². The topological polar surface area (TPSA) is 34.0 Å². The second-order valence-corrected chi connectivity index (χ2v) is 11.2. The molecule has 0 bridgehead atoms. The van der Waals surface area contributed by atoms with Crippen molar-refractivity contribution in [3.63, 3.8) is 0 Å². The van der Waals surface area contributed by atoms with Crippen LogP contribution in [-0.2, 0) is 5.41 Å². The van der Waals surface area contributed by atoms with Crippen LogP contribution in [0.3, 0.4) is 0 Å². The molecule has 1 aliphatic heterocycles. The van der Waals surface area contributed by atoms with Crippen LogP contribution in [0.25, 0.3) is 38.9 Å². The summed E-state index contributed by atoms with van der Waals surface area (Å²) in [7, 11) is 0. The zero-order valence-corrected chi connectivity index (χ0v) is 23.0. The lowest BCUT2D eigenvalue weighted by Gasteiger charge is -2.41. The minimum absolute atomic E-state index is 0.173. The van der Waals surface area contributed by atoms with E-state index in [2.05, 4.69) is 144 Å². The summed E-state index contributed by atoms with van der Waals surface area (Å²) in [4.78, 5) is 12.4. The summed E-state index contributed by atoms with van der Waals surface area (Å²) in [5, 5.41) is 2.34. The molecule has 0 aliphatic carbocycles. The highest BCUT2D eigenvalue weighted by atomic mass is 15.2. The van der Waals surface area contributed by atoms with Crippen LogP contribution >= 0.6 is 0 Å². The largest absolute Gasteiger partial charge is 0.294 e. The average Bonchev–Trinajstić information content (AvgIpc) is 3.35. The quantitative estimate of drug-likeness (QED) is 0.229. The van der Waals surface area contributed by atoms with E-state index in [1.807, 2.05) is 18.3 Å². The Kier molecular flexibility index (Phi) is 5.13. The van der Waals surface area contributed by atoms with Crippen LogP contribution < -0.4 is 4.90 Å². The lowest BCUT2D eigenvalue weighted by Crippen LogP contribution is -2.31. The number of anilines is 3. The Morgan fingerprint density at radius 2 is 1.37 bits per heavy atom. The van der Waals surface area contributed by atoms with Gasteiger partial charge in [0.1, 0.15) is 11.5 Å². The van der Waals surface area contributed by atoms with E-state index in [0.717, 1.165) is 50.7 Å². The van der Waals surface area contributed by atoms with Gasteiger partial charge in [0.25, 0.3) is 0 Å². The molecule has 0 spiro atoms. The minimum Gasteiger partial charge on any atom is -0.294 e. The van der Waals surface area contributed by atoms with Crippen molar-refractivity contribution in [1.29, 1.82) is 0 Å². The predicted molar refractivity (Wildman–Crippen MR) is 169 cm³/mol. The lowest BCUT2D eigenvalue weighted by molar-refractivity contribution is 0.631. The first-order chi connectivity index (χ1) is 20.1. The minimum atomic E-state index is -0.173. The number of rotatable bonds is 3. The number of hydrogen-bond donors (Lipinski definition) is 0. The fraction of sp³-hybridized carbons (Fsp3) is 0.0811. The fourth-order valence-electron chi connectivity index (χ4n) is 6.45. The van der Waals surface area contributed by atoms with Crippen LogP contribution in [-0.4, -0.2) is 14.5 Å². The smallest absolute Gasteiger partial charge is 0.148 e. The highest BCUT2D eigenvalue weighted by molar-refractivity contribution is 6.08. The third-order valence-electron chi connectivity index (χ3n) is 8.44. The Balaban J connectivity index is 1.42. The summed E-state index contributed by atoms with van der Waals surface area (Å²) in [5.74, 6) is 0.889. The highest BCUT2D eigenvalue weighted by Crippen LogP contribution is 2.52. The predicted octanol–water partition coefficient (Wildman–Crippen LogP) is 9.35. The number of fused-ring (bicyclic) bond motifs is 5. The third kappa shape index (κ3) is 3.54. The maximum Gasteiger partial charge on any atom is 0.148 e. The Morgan fingerprint density at radius 3 is 2.22 bits per heavy atom. The molecule has 7 aromatic rings. The Morgan fingerprint density at radius 1 is 0.610 bits per heavy atom. The molecule has 0 saturated heterocycles. The molecule has 3 aromatic heterocycles. The number of hydrogen-bond acceptors (Lipinski definition) is 3. The standard InChI is InChI=1S/C37H28N4/c1-37(2)29-15-7-9-18-33(29)41(34-24-25(19-21-30(34)37)31-16-10-11-23-38-31)35-22-20-28-27-14-6-8-17-32(27)40(36(28)39-35)26-12-4-3-5-13-26/h3-24H,1-2H3. The van der Waals surface area contributed by atoms with E-state index in [9.17, 15) is 0 Å². The van der Waals surface area contributed by atoms with Gasteiger partial charge in [-0.15, -0.1) is 0 Å². The molecule has 4 aromatic carbocycles. The van der Waals surface area contributed by atoms with Crippen LogP contribution in [0, 0.1) is 0 Å². The number of para-hydroxylation sites is 3. The third-order valence-corrected chi connectivity index (χ3v) is 8.44. The molecule has 4 heterocycles. The Hall–Kier alpha value is -5.22. The van der Waals surface area contributed by atoms with Gasteiger partial charge in [-0.25, -0.2) is 4.98 Å². The van der Waals surface area contributed by atoms with Gasteiger partial charge < -0.3 is 0 Å². The molecule has 8 rings (SSSR count). The van der Waals surface area contributed by atoms with Crippen molar-refractivity contribution in [1.82, 2.24) is 14.5 Å². The van der Waals surface area contributed by atoms with Crippen LogP contribution in [0.5, 0.6) is 0 Å². The van der Waals surface area contributed by atoms with Crippen LogP contribution in [0.15, 0.2) is 134 Å². The number of aromatic nitrogens is 3. The van der Waals surface area contributed by atoms with E-state index in [1.54, 1.807) is 0 Å². The van der Waals surface area contributed by atoms with Gasteiger partial charge >= 0.3 is 0 Å². The molecular formula is C37H28N4. The second-order valence-electron chi connectivity index (χ2n) is 11.2. The van der Waals surface area contributed by atoms with Gasteiger partial charge in [0, 0.05) is 33.6 Å². The summed E-state index contributed by atoms with van der Waals surface area (Å²) in [5.41, 5.74) is 9.89. The van der Waals surface area contributed by atoms with Crippen molar-refractivity contribution in [3.8, 4) is 16.9 Å². The molecule has 0 atom stereocenters. The first-order valence-corrected chi connectivity index (χ1v) is 14.0. The molecule has 0 unspecified atom stereocenters. The van der Waals surface area contributed by atoms with Gasteiger partial charge in [-0.3, -0.25) is 14.5 Å². The fourth-order valence-corrected chi connectivity index (χ4v) is 6.45. The van der Waals surface area contributed by atoms with Gasteiger partial charge in [0.15, 0.2) is 0 Å². The van der Waals surface area contributed by atoms with E-state index in [0.29, 0.717) is 0 Å².